The predicted octanol–water partition coefficient (Wildman–Crippen LogP) is 6.61. The summed E-state index contributed by atoms with van der Waals surface area (Å²) in [6.45, 7) is 18.8. The van der Waals surface area contributed by atoms with Crippen molar-refractivity contribution in [2.75, 3.05) is 7.11 Å². The van der Waals surface area contributed by atoms with E-state index in [1.165, 1.54) is 44.9 Å². The molecule has 6 heteroatoms. The van der Waals surface area contributed by atoms with Crippen LogP contribution in [0, 0.1) is 0 Å². The highest BCUT2D eigenvalue weighted by molar-refractivity contribution is 6.89. The van der Waals surface area contributed by atoms with E-state index in [1.54, 1.807) is 7.11 Å². The van der Waals surface area contributed by atoms with Crippen molar-refractivity contribution in [3.63, 3.8) is 0 Å². The van der Waals surface area contributed by atoms with Crippen molar-refractivity contribution < 1.29 is 12.7 Å². The number of hydrogen-bond acceptors (Lipinski definition) is 3. The first-order chi connectivity index (χ1) is 11.7. The van der Waals surface area contributed by atoms with Crippen LogP contribution < -0.4 is 0 Å². The normalized spacial score (nSPS) is 13.0. The Morgan fingerprint density at radius 3 is 1.48 bits per heavy atom. The van der Waals surface area contributed by atoms with E-state index < -0.39 is 25.4 Å². The van der Waals surface area contributed by atoms with Crippen LogP contribution in [0.15, 0.2) is 24.6 Å². The molecular formula is C19H42O3Si3. The molecule has 0 bridgehead atoms. The van der Waals surface area contributed by atoms with Gasteiger partial charge in [0.25, 0.3) is 0 Å². The quantitative estimate of drug-likeness (QED) is 0.215. The zero-order valence-electron chi connectivity index (χ0n) is 17.7. The molecule has 3 nitrogen and oxygen atoms in total. The molecule has 0 saturated carbocycles. The summed E-state index contributed by atoms with van der Waals surface area (Å²) in [6.07, 6.45) is 10.4. The standard InChI is InChI=1S/C19H42O3Si3/c1-9-12-13-14-15-16-17-18-19-25(20-4,21-23(5,6)10-2)22-24(7,8)11-3/h10-11H,2-3,9,12-19H2,1,4-8H3. The van der Waals surface area contributed by atoms with Gasteiger partial charge in [0.2, 0.25) is 16.6 Å². The molecule has 0 aliphatic rings. The minimum atomic E-state index is -2.68. The van der Waals surface area contributed by atoms with Crippen molar-refractivity contribution in [2.24, 2.45) is 0 Å². The molecule has 0 aromatic heterocycles. The van der Waals surface area contributed by atoms with E-state index in [9.17, 15) is 0 Å². The van der Waals surface area contributed by atoms with Gasteiger partial charge in [0.15, 0.2) is 0 Å². The molecule has 148 valence electrons. The third-order valence-electron chi connectivity index (χ3n) is 4.47. The summed E-state index contributed by atoms with van der Waals surface area (Å²) in [5.74, 6) is 0. The molecule has 0 fully saturated rings. The molecule has 0 saturated heterocycles. The first-order valence-corrected chi connectivity index (χ1v) is 17.8. The van der Waals surface area contributed by atoms with E-state index >= 15 is 0 Å². The maximum absolute atomic E-state index is 6.52. The smallest absolute Gasteiger partial charge is 0.412 e. The van der Waals surface area contributed by atoms with Gasteiger partial charge in [-0.05, 0) is 32.6 Å². The van der Waals surface area contributed by atoms with Gasteiger partial charge in [-0.2, -0.15) is 0 Å². The minimum absolute atomic E-state index is 0.896. The SMILES string of the molecule is C=C[Si](C)(C)O[Si](CCCCCCCCCC)(OC)O[Si](C)(C)C=C. The molecule has 0 aliphatic carbocycles. The van der Waals surface area contributed by atoms with E-state index in [0.29, 0.717) is 0 Å². The van der Waals surface area contributed by atoms with Gasteiger partial charge in [0.1, 0.15) is 0 Å². The Labute approximate surface area is 160 Å². The third kappa shape index (κ3) is 11.4. The Kier molecular flexibility index (Phi) is 12.4. The molecule has 0 N–H and O–H groups in total. The van der Waals surface area contributed by atoms with Crippen LogP contribution in [-0.4, -0.2) is 32.5 Å². The number of rotatable bonds is 16. The second-order valence-corrected chi connectivity index (χ2v) is 19.1. The highest BCUT2D eigenvalue weighted by Gasteiger charge is 2.47. The van der Waals surface area contributed by atoms with Crippen LogP contribution >= 0.6 is 0 Å². The number of unbranched alkanes of at least 4 members (excludes halogenated alkanes) is 7. The van der Waals surface area contributed by atoms with E-state index in [2.05, 4.69) is 46.3 Å². The van der Waals surface area contributed by atoms with Gasteiger partial charge in [0.05, 0.1) is 0 Å². The van der Waals surface area contributed by atoms with Crippen LogP contribution in [0.3, 0.4) is 0 Å². The first kappa shape index (κ1) is 25.0. The largest absolute Gasteiger partial charge is 0.480 e. The lowest BCUT2D eigenvalue weighted by atomic mass is 10.1. The summed E-state index contributed by atoms with van der Waals surface area (Å²) in [5, 5.41) is 0. The van der Waals surface area contributed by atoms with Crippen molar-refractivity contribution in [1.82, 2.24) is 0 Å². The van der Waals surface area contributed by atoms with Gasteiger partial charge in [-0.25, -0.2) is 0 Å². The molecule has 0 radical (unpaired) electrons. The van der Waals surface area contributed by atoms with Crippen molar-refractivity contribution in [1.29, 1.82) is 0 Å². The van der Waals surface area contributed by atoms with E-state index in [1.807, 2.05) is 11.4 Å². The molecule has 0 unspecified atom stereocenters. The lowest BCUT2D eigenvalue weighted by Gasteiger charge is -2.39. The van der Waals surface area contributed by atoms with Gasteiger partial charge in [0, 0.05) is 13.2 Å². The molecule has 0 rings (SSSR count). The Bertz CT molecular complexity index is 362. The van der Waals surface area contributed by atoms with Crippen molar-refractivity contribution >= 4 is 25.4 Å². The van der Waals surface area contributed by atoms with Gasteiger partial charge >= 0.3 is 8.80 Å². The summed E-state index contributed by atoms with van der Waals surface area (Å²) in [6, 6.07) is 0.896. The average molecular weight is 403 g/mol. The zero-order valence-corrected chi connectivity index (χ0v) is 20.7. The molecule has 25 heavy (non-hydrogen) atoms. The summed E-state index contributed by atoms with van der Waals surface area (Å²) in [7, 11) is -4.88. The highest BCUT2D eigenvalue weighted by Crippen LogP contribution is 2.28. The van der Waals surface area contributed by atoms with Gasteiger partial charge < -0.3 is 12.7 Å². The Morgan fingerprint density at radius 1 is 0.720 bits per heavy atom. The fraction of sp³-hybridized carbons (Fsp3) is 0.789. The Morgan fingerprint density at radius 2 is 1.12 bits per heavy atom. The topological polar surface area (TPSA) is 27.7 Å². The van der Waals surface area contributed by atoms with Crippen molar-refractivity contribution in [3.05, 3.63) is 24.6 Å². The fourth-order valence-electron chi connectivity index (χ4n) is 2.67. The number of hydrogen-bond donors (Lipinski definition) is 0. The van der Waals surface area contributed by atoms with Crippen molar-refractivity contribution in [3.8, 4) is 0 Å². The van der Waals surface area contributed by atoms with Crippen LogP contribution in [-0.2, 0) is 12.7 Å². The van der Waals surface area contributed by atoms with Crippen LogP contribution in [0.1, 0.15) is 58.3 Å². The molecule has 0 amide bonds. The maximum atomic E-state index is 6.52. The molecule has 0 aromatic rings. The summed E-state index contributed by atoms with van der Waals surface area (Å²) in [4.78, 5) is 0. The Balaban J connectivity index is 4.67. The predicted molar refractivity (Wildman–Crippen MR) is 118 cm³/mol. The van der Waals surface area contributed by atoms with E-state index in [0.717, 1.165) is 12.5 Å². The molecule has 0 heterocycles. The molecule has 0 aromatic carbocycles. The molecule has 0 aliphatic heterocycles. The van der Waals surface area contributed by atoms with Crippen LogP contribution in [0.2, 0.25) is 32.2 Å². The Hall–Kier alpha value is 0.0106. The summed E-state index contributed by atoms with van der Waals surface area (Å²) >= 11 is 0. The first-order valence-electron chi connectivity index (χ1n) is 9.88. The van der Waals surface area contributed by atoms with Gasteiger partial charge in [-0.15, -0.1) is 13.2 Å². The minimum Gasteiger partial charge on any atom is -0.412 e. The molecular weight excluding hydrogens is 360 g/mol. The van der Waals surface area contributed by atoms with E-state index in [4.69, 9.17) is 12.7 Å². The third-order valence-corrected chi connectivity index (χ3v) is 14.7. The van der Waals surface area contributed by atoms with Gasteiger partial charge in [-0.1, -0.05) is 63.3 Å². The summed E-state index contributed by atoms with van der Waals surface area (Å²) < 4.78 is 19.0. The average Bonchev–Trinajstić information content (AvgIpc) is 2.56. The maximum Gasteiger partial charge on any atom is 0.480 e. The van der Waals surface area contributed by atoms with Gasteiger partial charge in [-0.3, -0.25) is 0 Å². The van der Waals surface area contributed by atoms with Crippen LogP contribution in [0.4, 0.5) is 0 Å². The summed E-state index contributed by atoms with van der Waals surface area (Å²) in [5.41, 5.74) is 3.93. The monoisotopic (exact) mass is 402 g/mol. The highest BCUT2D eigenvalue weighted by atomic mass is 28.5. The van der Waals surface area contributed by atoms with E-state index in [-0.39, 0.29) is 0 Å². The second kappa shape index (κ2) is 12.4. The molecule has 0 spiro atoms. The van der Waals surface area contributed by atoms with Crippen molar-refractivity contribution in [2.45, 2.75) is 90.5 Å². The second-order valence-electron chi connectivity index (χ2n) is 7.93. The fourth-order valence-corrected chi connectivity index (χ4v) is 12.7. The van der Waals surface area contributed by atoms with Crippen LogP contribution in [0.5, 0.6) is 0 Å². The zero-order chi connectivity index (χ0) is 19.4. The lowest BCUT2D eigenvalue weighted by molar-refractivity contribution is 0.199. The lowest BCUT2D eigenvalue weighted by Crippen LogP contribution is -2.57. The van der Waals surface area contributed by atoms with Crippen LogP contribution in [0.25, 0.3) is 0 Å². The molecule has 0 atom stereocenters.